The quantitative estimate of drug-likeness (QED) is 0.924. The lowest BCUT2D eigenvalue weighted by molar-refractivity contribution is -0.106. The largest absolute Gasteiger partial charge is 0.444 e. The van der Waals surface area contributed by atoms with Crippen molar-refractivity contribution in [3.63, 3.8) is 0 Å². The summed E-state index contributed by atoms with van der Waals surface area (Å²) < 4.78 is 33.7. The summed E-state index contributed by atoms with van der Waals surface area (Å²) in [5.74, 6) is -3.56. The van der Waals surface area contributed by atoms with Crippen molar-refractivity contribution < 1.29 is 18.3 Å². The molecule has 1 saturated heterocycles. The number of anilines is 1. The van der Waals surface area contributed by atoms with Gasteiger partial charge in [0.25, 0.3) is 5.92 Å². The molecule has 2 rings (SSSR count). The summed E-state index contributed by atoms with van der Waals surface area (Å²) in [6.45, 7) is 4.79. The number of hydrogen-bond acceptors (Lipinski definition) is 5. The molecule has 0 aliphatic carbocycles. The third-order valence-corrected chi connectivity index (χ3v) is 3.47. The van der Waals surface area contributed by atoms with E-state index in [-0.39, 0.29) is 19.5 Å². The molecule has 0 spiro atoms. The number of nitrogens with one attached hydrogen (secondary N) is 1. The zero-order valence-electron chi connectivity index (χ0n) is 13.6. The average molecular weight is 328 g/mol. The number of likely N-dealkylation sites (tertiary alicyclic amines) is 1. The van der Waals surface area contributed by atoms with Crippen LogP contribution in [0.4, 0.5) is 19.5 Å². The fourth-order valence-corrected chi connectivity index (χ4v) is 2.32. The van der Waals surface area contributed by atoms with Crippen LogP contribution in [0.15, 0.2) is 18.5 Å². The third-order valence-electron chi connectivity index (χ3n) is 3.47. The minimum atomic E-state index is -2.99. The molecule has 1 amide bonds. The van der Waals surface area contributed by atoms with E-state index in [1.54, 1.807) is 39.2 Å². The zero-order valence-corrected chi connectivity index (χ0v) is 13.6. The summed E-state index contributed by atoms with van der Waals surface area (Å²) in [4.78, 5) is 20.9. The molecule has 1 aliphatic heterocycles. The van der Waals surface area contributed by atoms with E-state index in [1.165, 1.54) is 0 Å². The molecule has 0 bridgehead atoms. The second-order valence-electron chi connectivity index (χ2n) is 6.60. The Morgan fingerprint density at radius 3 is 2.65 bits per heavy atom. The Labute approximate surface area is 134 Å². The lowest BCUT2D eigenvalue weighted by Gasteiger charge is -2.38. The SMILES string of the molecule is CC(C)(C)OC(=O)N1CC[C@H](CNc2ncccn2)C(F)(F)C1. The first kappa shape index (κ1) is 17.4. The highest BCUT2D eigenvalue weighted by atomic mass is 19.3. The van der Waals surface area contributed by atoms with E-state index in [2.05, 4.69) is 15.3 Å². The smallest absolute Gasteiger partial charge is 0.410 e. The van der Waals surface area contributed by atoms with Gasteiger partial charge in [0.15, 0.2) is 0 Å². The van der Waals surface area contributed by atoms with Gasteiger partial charge in [-0.3, -0.25) is 0 Å². The molecule has 1 aromatic heterocycles. The Bertz CT molecular complexity index is 534. The van der Waals surface area contributed by atoms with Crippen LogP contribution in [0.2, 0.25) is 0 Å². The van der Waals surface area contributed by atoms with Crippen molar-refractivity contribution in [3.8, 4) is 0 Å². The summed E-state index contributed by atoms with van der Waals surface area (Å²) in [7, 11) is 0. The van der Waals surface area contributed by atoms with Gasteiger partial charge in [-0.25, -0.2) is 23.5 Å². The fourth-order valence-electron chi connectivity index (χ4n) is 2.32. The van der Waals surface area contributed by atoms with Crippen molar-refractivity contribution in [2.24, 2.45) is 5.92 Å². The minimum absolute atomic E-state index is 0.0547. The Balaban J connectivity index is 1.91. The van der Waals surface area contributed by atoms with Crippen molar-refractivity contribution in [3.05, 3.63) is 18.5 Å². The summed E-state index contributed by atoms with van der Waals surface area (Å²) in [5, 5.41) is 2.82. The number of piperidine rings is 1. The minimum Gasteiger partial charge on any atom is -0.444 e. The first-order valence-corrected chi connectivity index (χ1v) is 7.54. The molecule has 0 radical (unpaired) electrons. The van der Waals surface area contributed by atoms with E-state index in [0.717, 1.165) is 4.90 Å². The van der Waals surface area contributed by atoms with Crippen molar-refractivity contribution in [1.82, 2.24) is 14.9 Å². The van der Waals surface area contributed by atoms with Crippen LogP contribution in [0.5, 0.6) is 0 Å². The number of nitrogens with zero attached hydrogens (tertiary/aromatic N) is 3. The molecular formula is C15H22F2N4O2. The summed E-state index contributed by atoms with van der Waals surface area (Å²) >= 11 is 0. The van der Waals surface area contributed by atoms with Gasteiger partial charge in [-0.15, -0.1) is 0 Å². The van der Waals surface area contributed by atoms with Gasteiger partial charge < -0.3 is 15.0 Å². The maximum absolute atomic E-state index is 14.3. The Morgan fingerprint density at radius 1 is 1.43 bits per heavy atom. The predicted octanol–water partition coefficient (Wildman–Crippen LogP) is 2.78. The summed E-state index contributed by atoms with van der Waals surface area (Å²) in [5.41, 5.74) is -0.699. The number of halogens is 2. The molecule has 1 N–H and O–H groups in total. The number of rotatable bonds is 3. The summed E-state index contributed by atoms with van der Waals surface area (Å²) in [6.07, 6.45) is 2.57. The third kappa shape index (κ3) is 5.01. The molecule has 0 saturated carbocycles. The molecule has 1 atom stereocenters. The Morgan fingerprint density at radius 2 is 2.09 bits per heavy atom. The second kappa shape index (κ2) is 6.64. The highest BCUT2D eigenvalue weighted by Gasteiger charge is 2.46. The van der Waals surface area contributed by atoms with Crippen molar-refractivity contribution in [2.75, 3.05) is 25.0 Å². The van der Waals surface area contributed by atoms with Crippen LogP contribution in [0, 0.1) is 5.92 Å². The van der Waals surface area contributed by atoms with Gasteiger partial charge in [-0.1, -0.05) is 0 Å². The van der Waals surface area contributed by atoms with E-state index >= 15 is 0 Å². The number of aromatic nitrogens is 2. The molecule has 1 aromatic rings. The molecule has 23 heavy (non-hydrogen) atoms. The zero-order chi connectivity index (χ0) is 17.1. The number of carbonyl (C=O) groups is 1. The average Bonchev–Trinajstić information content (AvgIpc) is 2.44. The molecular weight excluding hydrogens is 306 g/mol. The highest BCUT2D eigenvalue weighted by molar-refractivity contribution is 5.68. The molecule has 8 heteroatoms. The first-order chi connectivity index (χ1) is 10.7. The summed E-state index contributed by atoms with van der Waals surface area (Å²) in [6, 6.07) is 1.65. The standard InChI is InChI=1S/C15H22F2N4O2/c1-14(2,3)23-13(22)21-8-5-11(15(16,17)10-21)9-20-12-18-6-4-7-19-12/h4,6-7,11H,5,8-10H2,1-3H3,(H,18,19,20)/t11-/m1/s1. The van der Waals surface area contributed by atoms with E-state index in [9.17, 15) is 13.6 Å². The van der Waals surface area contributed by atoms with Crippen LogP contribution >= 0.6 is 0 Å². The lowest BCUT2D eigenvalue weighted by atomic mass is 9.93. The van der Waals surface area contributed by atoms with Crippen LogP contribution in [-0.2, 0) is 4.74 Å². The van der Waals surface area contributed by atoms with E-state index in [4.69, 9.17) is 4.74 Å². The van der Waals surface area contributed by atoms with Crippen LogP contribution < -0.4 is 5.32 Å². The van der Waals surface area contributed by atoms with Gasteiger partial charge in [0.1, 0.15) is 5.60 Å². The Hall–Kier alpha value is -1.99. The number of hydrogen-bond donors (Lipinski definition) is 1. The maximum Gasteiger partial charge on any atom is 0.410 e. The van der Waals surface area contributed by atoms with Crippen LogP contribution in [-0.4, -0.2) is 52.1 Å². The molecule has 0 aromatic carbocycles. The van der Waals surface area contributed by atoms with Gasteiger partial charge in [0, 0.05) is 31.4 Å². The van der Waals surface area contributed by atoms with E-state index < -0.39 is 30.1 Å². The lowest BCUT2D eigenvalue weighted by Crippen LogP contribution is -2.53. The maximum atomic E-state index is 14.3. The monoisotopic (exact) mass is 328 g/mol. The van der Waals surface area contributed by atoms with Gasteiger partial charge in [0.2, 0.25) is 5.95 Å². The number of alkyl halides is 2. The Kier molecular flexibility index (Phi) is 5.01. The highest BCUT2D eigenvalue weighted by Crippen LogP contribution is 2.33. The topological polar surface area (TPSA) is 67.3 Å². The van der Waals surface area contributed by atoms with Gasteiger partial charge >= 0.3 is 6.09 Å². The van der Waals surface area contributed by atoms with Crippen LogP contribution in [0.1, 0.15) is 27.2 Å². The van der Waals surface area contributed by atoms with Crippen molar-refractivity contribution in [2.45, 2.75) is 38.7 Å². The molecule has 1 fully saturated rings. The van der Waals surface area contributed by atoms with Gasteiger partial charge in [-0.05, 0) is 33.3 Å². The second-order valence-corrected chi connectivity index (χ2v) is 6.60. The van der Waals surface area contributed by atoms with Crippen molar-refractivity contribution >= 4 is 12.0 Å². The number of ether oxygens (including phenoxy) is 1. The number of carbonyl (C=O) groups excluding carboxylic acids is 1. The van der Waals surface area contributed by atoms with Crippen molar-refractivity contribution in [1.29, 1.82) is 0 Å². The van der Waals surface area contributed by atoms with E-state index in [0.29, 0.717) is 5.95 Å². The molecule has 2 heterocycles. The predicted molar refractivity (Wildman–Crippen MR) is 81.4 cm³/mol. The first-order valence-electron chi connectivity index (χ1n) is 7.54. The fraction of sp³-hybridized carbons (Fsp3) is 0.667. The van der Waals surface area contributed by atoms with Crippen LogP contribution in [0.3, 0.4) is 0 Å². The van der Waals surface area contributed by atoms with E-state index in [1.807, 2.05) is 0 Å². The van der Waals surface area contributed by atoms with Gasteiger partial charge in [-0.2, -0.15) is 0 Å². The van der Waals surface area contributed by atoms with Gasteiger partial charge in [0.05, 0.1) is 6.54 Å². The number of amides is 1. The molecule has 128 valence electrons. The molecule has 6 nitrogen and oxygen atoms in total. The normalized spacial score (nSPS) is 20.9. The molecule has 1 aliphatic rings. The molecule has 0 unspecified atom stereocenters. The van der Waals surface area contributed by atoms with Crippen LogP contribution in [0.25, 0.3) is 0 Å².